The normalized spacial score (nSPS) is 21.0. The van der Waals surface area contributed by atoms with E-state index in [4.69, 9.17) is 0 Å². The molecule has 1 aliphatic heterocycles. The quantitative estimate of drug-likeness (QED) is 0.905. The lowest BCUT2D eigenvalue weighted by molar-refractivity contribution is 0.346. The molecule has 0 atom stereocenters. The van der Waals surface area contributed by atoms with Gasteiger partial charge in [-0.25, -0.2) is 8.42 Å². The minimum absolute atomic E-state index is 0.439. The van der Waals surface area contributed by atoms with E-state index in [1.54, 1.807) is 10.4 Å². The van der Waals surface area contributed by atoms with E-state index in [9.17, 15) is 8.42 Å². The van der Waals surface area contributed by atoms with Crippen LogP contribution < -0.4 is 5.32 Å². The second-order valence-electron chi connectivity index (χ2n) is 5.77. The van der Waals surface area contributed by atoms with Crippen LogP contribution in [0.3, 0.4) is 0 Å². The van der Waals surface area contributed by atoms with E-state index in [0.29, 0.717) is 24.0 Å². The Hall–Kier alpha value is -0.910. The first-order valence-corrected chi connectivity index (χ1v) is 8.93. The van der Waals surface area contributed by atoms with Crippen LogP contribution in [0.4, 0.5) is 0 Å². The van der Waals surface area contributed by atoms with Crippen molar-refractivity contribution in [2.75, 3.05) is 13.1 Å². The molecule has 1 saturated heterocycles. The van der Waals surface area contributed by atoms with Gasteiger partial charge in [0.1, 0.15) is 0 Å². The Bertz CT molecular complexity index is 561. The molecule has 2 aliphatic rings. The highest BCUT2D eigenvalue weighted by molar-refractivity contribution is 7.89. The van der Waals surface area contributed by atoms with Crippen LogP contribution in [-0.4, -0.2) is 31.9 Å². The molecule has 0 spiro atoms. The monoisotopic (exact) mass is 294 g/mol. The summed E-state index contributed by atoms with van der Waals surface area (Å²) < 4.78 is 26.8. The molecule has 2 fully saturated rings. The van der Waals surface area contributed by atoms with Crippen LogP contribution in [0.1, 0.15) is 37.7 Å². The number of nitrogens with zero attached hydrogens (tertiary/aromatic N) is 1. The van der Waals surface area contributed by atoms with E-state index in [-0.39, 0.29) is 0 Å². The van der Waals surface area contributed by atoms with E-state index in [1.807, 2.05) is 18.2 Å². The van der Waals surface area contributed by atoms with Crippen molar-refractivity contribution < 1.29 is 8.42 Å². The maximum atomic E-state index is 12.6. The lowest BCUT2D eigenvalue weighted by atomic mass is 10.2. The smallest absolute Gasteiger partial charge is 0.243 e. The van der Waals surface area contributed by atoms with Crippen LogP contribution >= 0.6 is 0 Å². The second kappa shape index (κ2) is 5.84. The third-order valence-corrected chi connectivity index (χ3v) is 5.92. The predicted molar refractivity (Wildman–Crippen MR) is 78.9 cm³/mol. The number of piperidine rings is 1. The largest absolute Gasteiger partial charge is 0.310 e. The molecular formula is C15H22N2O2S. The summed E-state index contributed by atoms with van der Waals surface area (Å²) in [4.78, 5) is 0.439. The maximum absolute atomic E-state index is 12.6. The minimum Gasteiger partial charge on any atom is -0.310 e. The maximum Gasteiger partial charge on any atom is 0.243 e. The van der Waals surface area contributed by atoms with Gasteiger partial charge in [-0.1, -0.05) is 18.6 Å². The number of rotatable bonds is 5. The molecular weight excluding hydrogens is 272 g/mol. The van der Waals surface area contributed by atoms with Crippen molar-refractivity contribution in [2.45, 2.75) is 49.6 Å². The van der Waals surface area contributed by atoms with Crippen molar-refractivity contribution >= 4 is 10.0 Å². The average Bonchev–Trinajstić information content (AvgIpc) is 3.31. The molecule has 110 valence electrons. The molecule has 3 rings (SSSR count). The highest BCUT2D eigenvalue weighted by atomic mass is 32.2. The van der Waals surface area contributed by atoms with Crippen LogP contribution in [0.5, 0.6) is 0 Å². The van der Waals surface area contributed by atoms with E-state index in [1.165, 1.54) is 12.8 Å². The molecule has 0 amide bonds. The van der Waals surface area contributed by atoms with Crippen molar-refractivity contribution in [3.8, 4) is 0 Å². The third kappa shape index (κ3) is 3.22. The lowest BCUT2D eigenvalue weighted by Gasteiger charge is -2.26. The topological polar surface area (TPSA) is 49.4 Å². The lowest BCUT2D eigenvalue weighted by Crippen LogP contribution is -2.35. The average molecular weight is 294 g/mol. The Morgan fingerprint density at radius 3 is 2.60 bits per heavy atom. The molecule has 1 aromatic rings. The van der Waals surface area contributed by atoms with Crippen molar-refractivity contribution in [3.63, 3.8) is 0 Å². The van der Waals surface area contributed by atoms with Crippen LogP contribution in [-0.2, 0) is 16.6 Å². The molecule has 4 nitrogen and oxygen atoms in total. The molecule has 1 N–H and O–H groups in total. The molecule has 20 heavy (non-hydrogen) atoms. The van der Waals surface area contributed by atoms with Crippen LogP contribution in [0.15, 0.2) is 29.2 Å². The fraction of sp³-hybridized carbons (Fsp3) is 0.600. The van der Waals surface area contributed by atoms with Gasteiger partial charge >= 0.3 is 0 Å². The summed E-state index contributed by atoms with van der Waals surface area (Å²) in [5.74, 6) is 0. The number of nitrogens with one attached hydrogen (secondary N) is 1. The van der Waals surface area contributed by atoms with Gasteiger partial charge in [-0.05, 0) is 43.4 Å². The summed E-state index contributed by atoms with van der Waals surface area (Å²) >= 11 is 0. The summed E-state index contributed by atoms with van der Waals surface area (Å²) in [6, 6.07) is 8.01. The first kappa shape index (κ1) is 14.0. The van der Waals surface area contributed by atoms with Crippen molar-refractivity contribution in [3.05, 3.63) is 29.8 Å². The zero-order valence-electron chi connectivity index (χ0n) is 11.7. The fourth-order valence-corrected chi connectivity index (χ4v) is 4.21. The molecule has 0 radical (unpaired) electrons. The summed E-state index contributed by atoms with van der Waals surface area (Å²) in [6.07, 6.45) is 5.57. The Balaban J connectivity index is 1.75. The van der Waals surface area contributed by atoms with E-state index in [0.717, 1.165) is 31.4 Å². The van der Waals surface area contributed by atoms with Gasteiger partial charge in [0.05, 0.1) is 4.90 Å². The Kier molecular flexibility index (Phi) is 4.10. The highest BCUT2D eigenvalue weighted by Gasteiger charge is 2.26. The van der Waals surface area contributed by atoms with E-state index < -0.39 is 10.0 Å². The van der Waals surface area contributed by atoms with Gasteiger partial charge in [-0.2, -0.15) is 4.31 Å². The Morgan fingerprint density at radius 2 is 1.90 bits per heavy atom. The summed E-state index contributed by atoms with van der Waals surface area (Å²) in [5, 5.41) is 3.42. The highest BCUT2D eigenvalue weighted by Crippen LogP contribution is 2.22. The minimum atomic E-state index is -3.30. The zero-order valence-corrected chi connectivity index (χ0v) is 12.5. The standard InChI is InChI=1S/C15H22N2O2S/c18-20(19,17-9-2-1-3-10-17)15-6-4-5-13(11-15)12-16-14-7-8-14/h4-6,11,14,16H,1-3,7-10,12H2. The van der Waals surface area contributed by atoms with Gasteiger partial charge in [-0.15, -0.1) is 0 Å². The summed E-state index contributed by atoms with van der Waals surface area (Å²) in [7, 11) is -3.30. The first-order valence-electron chi connectivity index (χ1n) is 7.49. The summed E-state index contributed by atoms with van der Waals surface area (Å²) in [5.41, 5.74) is 1.05. The number of hydrogen-bond acceptors (Lipinski definition) is 3. The first-order chi connectivity index (χ1) is 9.66. The van der Waals surface area contributed by atoms with E-state index in [2.05, 4.69) is 5.32 Å². The summed E-state index contributed by atoms with van der Waals surface area (Å²) in [6.45, 7) is 2.08. The van der Waals surface area contributed by atoms with Gasteiger partial charge in [0.25, 0.3) is 0 Å². The van der Waals surface area contributed by atoms with Crippen molar-refractivity contribution in [1.82, 2.24) is 9.62 Å². The molecule has 0 bridgehead atoms. The van der Waals surface area contributed by atoms with Gasteiger partial charge in [0.2, 0.25) is 10.0 Å². The van der Waals surface area contributed by atoms with Crippen molar-refractivity contribution in [1.29, 1.82) is 0 Å². The Morgan fingerprint density at radius 1 is 1.15 bits per heavy atom. The van der Waals surface area contributed by atoms with E-state index >= 15 is 0 Å². The molecule has 1 heterocycles. The SMILES string of the molecule is O=S(=O)(c1cccc(CNC2CC2)c1)N1CCCCC1. The predicted octanol–water partition coefficient (Wildman–Crippen LogP) is 2.11. The third-order valence-electron chi connectivity index (χ3n) is 4.02. The number of benzene rings is 1. The van der Waals surface area contributed by atoms with Crippen LogP contribution in [0.25, 0.3) is 0 Å². The van der Waals surface area contributed by atoms with Crippen LogP contribution in [0.2, 0.25) is 0 Å². The Labute approximate surface area is 121 Å². The molecule has 0 unspecified atom stereocenters. The molecule has 1 aliphatic carbocycles. The zero-order chi connectivity index (χ0) is 14.0. The molecule has 1 aromatic carbocycles. The second-order valence-corrected chi connectivity index (χ2v) is 7.71. The van der Waals surface area contributed by atoms with Gasteiger partial charge in [0.15, 0.2) is 0 Å². The van der Waals surface area contributed by atoms with Crippen LogP contribution in [0, 0.1) is 0 Å². The number of hydrogen-bond donors (Lipinski definition) is 1. The molecule has 1 saturated carbocycles. The van der Waals surface area contributed by atoms with Crippen molar-refractivity contribution in [2.24, 2.45) is 0 Å². The van der Waals surface area contributed by atoms with Gasteiger partial charge in [0, 0.05) is 25.7 Å². The molecule has 0 aromatic heterocycles. The van der Waals surface area contributed by atoms with Gasteiger partial charge < -0.3 is 5.32 Å². The fourth-order valence-electron chi connectivity index (χ4n) is 2.62. The number of sulfonamides is 1. The van der Waals surface area contributed by atoms with Gasteiger partial charge in [-0.3, -0.25) is 0 Å². The molecule has 5 heteroatoms.